The highest BCUT2D eigenvalue weighted by Crippen LogP contribution is 2.33. The van der Waals surface area contributed by atoms with Crippen molar-refractivity contribution in [3.8, 4) is 5.75 Å². The van der Waals surface area contributed by atoms with E-state index >= 15 is 0 Å². The third kappa shape index (κ3) is 2.55. The van der Waals surface area contributed by atoms with Gasteiger partial charge in [0.05, 0.1) is 12.3 Å². The van der Waals surface area contributed by atoms with Crippen LogP contribution >= 0.6 is 0 Å². The lowest BCUT2D eigenvalue weighted by Crippen LogP contribution is -2.23. The van der Waals surface area contributed by atoms with Crippen molar-refractivity contribution in [3.05, 3.63) is 18.2 Å². The number of rotatable bonds is 5. The van der Waals surface area contributed by atoms with Crippen LogP contribution in [-0.4, -0.2) is 19.7 Å². The van der Waals surface area contributed by atoms with E-state index in [1.807, 2.05) is 25.1 Å². The van der Waals surface area contributed by atoms with Crippen LogP contribution in [0.15, 0.2) is 18.2 Å². The maximum Gasteiger partial charge on any atom is 0.144 e. The van der Waals surface area contributed by atoms with E-state index in [9.17, 15) is 0 Å². The highest BCUT2D eigenvalue weighted by molar-refractivity contribution is 5.74. The molecule has 0 radical (unpaired) electrons. The zero-order valence-corrected chi connectivity index (χ0v) is 9.79. The quantitative estimate of drug-likeness (QED) is 0.756. The summed E-state index contributed by atoms with van der Waals surface area (Å²) in [4.78, 5) is 2.21. The third-order valence-corrected chi connectivity index (χ3v) is 2.41. The van der Waals surface area contributed by atoms with Gasteiger partial charge in [0.25, 0.3) is 0 Å². The standard InChI is InChI=1S/C12H20N2O/c1-4-14(5-2)12-10(13)8-7-9-11(12)15-6-3/h7-9H,4-6,13H2,1-3H3. The molecule has 0 saturated heterocycles. The molecule has 3 nitrogen and oxygen atoms in total. The summed E-state index contributed by atoms with van der Waals surface area (Å²) in [6.45, 7) is 8.75. The molecule has 0 aliphatic heterocycles. The van der Waals surface area contributed by atoms with Gasteiger partial charge in [0.1, 0.15) is 11.4 Å². The number of nitrogen functional groups attached to an aromatic ring is 1. The first kappa shape index (κ1) is 11.7. The highest BCUT2D eigenvalue weighted by atomic mass is 16.5. The lowest BCUT2D eigenvalue weighted by atomic mass is 10.2. The first-order valence-electron chi connectivity index (χ1n) is 5.50. The van der Waals surface area contributed by atoms with Crippen molar-refractivity contribution >= 4 is 11.4 Å². The van der Waals surface area contributed by atoms with Gasteiger partial charge in [-0.15, -0.1) is 0 Å². The van der Waals surface area contributed by atoms with E-state index in [1.54, 1.807) is 0 Å². The van der Waals surface area contributed by atoms with Gasteiger partial charge < -0.3 is 15.4 Å². The second-order valence-corrected chi connectivity index (χ2v) is 3.30. The Morgan fingerprint density at radius 2 is 1.87 bits per heavy atom. The SMILES string of the molecule is CCOc1cccc(N)c1N(CC)CC. The molecule has 0 saturated carbocycles. The van der Waals surface area contributed by atoms with E-state index in [1.165, 1.54) is 0 Å². The van der Waals surface area contributed by atoms with Gasteiger partial charge in [0.2, 0.25) is 0 Å². The summed E-state index contributed by atoms with van der Waals surface area (Å²) in [6, 6.07) is 5.80. The Morgan fingerprint density at radius 3 is 2.40 bits per heavy atom. The Morgan fingerprint density at radius 1 is 1.20 bits per heavy atom. The van der Waals surface area contributed by atoms with E-state index in [0.717, 1.165) is 30.2 Å². The minimum atomic E-state index is 0.664. The number of benzene rings is 1. The number of ether oxygens (including phenoxy) is 1. The van der Waals surface area contributed by atoms with Crippen molar-refractivity contribution in [1.29, 1.82) is 0 Å². The van der Waals surface area contributed by atoms with Gasteiger partial charge in [0, 0.05) is 13.1 Å². The minimum absolute atomic E-state index is 0.664. The summed E-state index contributed by atoms with van der Waals surface area (Å²) in [5, 5.41) is 0. The zero-order chi connectivity index (χ0) is 11.3. The van der Waals surface area contributed by atoms with Gasteiger partial charge >= 0.3 is 0 Å². The van der Waals surface area contributed by atoms with Crippen LogP contribution in [-0.2, 0) is 0 Å². The Labute approximate surface area is 91.8 Å². The molecule has 0 bridgehead atoms. The fourth-order valence-electron chi connectivity index (χ4n) is 1.69. The monoisotopic (exact) mass is 208 g/mol. The second kappa shape index (κ2) is 5.49. The van der Waals surface area contributed by atoms with Gasteiger partial charge in [0.15, 0.2) is 0 Å². The van der Waals surface area contributed by atoms with E-state index in [4.69, 9.17) is 10.5 Å². The molecule has 3 heteroatoms. The predicted octanol–water partition coefficient (Wildman–Crippen LogP) is 2.51. The van der Waals surface area contributed by atoms with Gasteiger partial charge in [-0.25, -0.2) is 0 Å². The molecule has 0 aliphatic rings. The number of nitrogens with two attached hydrogens (primary N) is 1. The number of hydrogen-bond donors (Lipinski definition) is 1. The molecule has 0 fully saturated rings. The molecule has 0 unspecified atom stereocenters. The molecule has 0 aromatic heterocycles. The molecule has 0 aliphatic carbocycles. The normalized spacial score (nSPS) is 10.1. The minimum Gasteiger partial charge on any atom is -0.492 e. The lowest BCUT2D eigenvalue weighted by Gasteiger charge is -2.25. The van der Waals surface area contributed by atoms with Crippen molar-refractivity contribution < 1.29 is 4.74 Å². The van der Waals surface area contributed by atoms with Gasteiger partial charge in [-0.2, -0.15) is 0 Å². The molecule has 0 amide bonds. The molecule has 2 N–H and O–H groups in total. The molecule has 1 rings (SSSR count). The van der Waals surface area contributed by atoms with Gasteiger partial charge in [-0.1, -0.05) is 6.07 Å². The Kier molecular flexibility index (Phi) is 4.28. The molecular formula is C12H20N2O. The smallest absolute Gasteiger partial charge is 0.144 e. The van der Waals surface area contributed by atoms with E-state index in [-0.39, 0.29) is 0 Å². The van der Waals surface area contributed by atoms with Gasteiger partial charge in [-0.3, -0.25) is 0 Å². The van der Waals surface area contributed by atoms with Crippen LogP contribution in [0.3, 0.4) is 0 Å². The average Bonchev–Trinajstić information content (AvgIpc) is 2.24. The highest BCUT2D eigenvalue weighted by Gasteiger charge is 2.12. The molecule has 84 valence electrons. The summed E-state index contributed by atoms with van der Waals surface area (Å²) in [7, 11) is 0. The molecule has 1 aromatic carbocycles. The van der Waals surface area contributed by atoms with Crippen molar-refractivity contribution in [2.24, 2.45) is 0 Å². The first-order chi connectivity index (χ1) is 7.24. The zero-order valence-electron chi connectivity index (χ0n) is 9.79. The molecule has 1 aromatic rings. The van der Waals surface area contributed by atoms with Crippen LogP contribution in [0, 0.1) is 0 Å². The second-order valence-electron chi connectivity index (χ2n) is 3.30. The van der Waals surface area contributed by atoms with E-state index in [2.05, 4.69) is 18.7 Å². The molecule has 0 atom stereocenters. The number of nitrogens with zero attached hydrogens (tertiary/aromatic N) is 1. The maximum absolute atomic E-state index is 5.98. The van der Waals surface area contributed by atoms with Crippen LogP contribution in [0.4, 0.5) is 11.4 Å². The third-order valence-electron chi connectivity index (χ3n) is 2.41. The number of anilines is 2. The average molecular weight is 208 g/mol. The summed E-state index contributed by atoms with van der Waals surface area (Å²) >= 11 is 0. The van der Waals surface area contributed by atoms with Crippen molar-refractivity contribution in [1.82, 2.24) is 0 Å². The summed E-state index contributed by atoms with van der Waals surface area (Å²) < 4.78 is 5.58. The van der Waals surface area contributed by atoms with Crippen LogP contribution in [0.2, 0.25) is 0 Å². The first-order valence-corrected chi connectivity index (χ1v) is 5.50. The largest absolute Gasteiger partial charge is 0.492 e. The summed E-state index contributed by atoms with van der Waals surface area (Å²) in [6.07, 6.45) is 0. The fourth-order valence-corrected chi connectivity index (χ4v) is 1.69. The lowest BCUT2D eigenvalue weighted by molar-refractivity contribution is 0.340. The van der Waals surface area contributed by atoms with Crippen molar-refractivity contribution in [2.45, 2.75) is 20.8 Å². The number of para-hydroxylation sites is 1. The topological polar surface area (TPSA) is 38.5 Å². The number of hydrogen-bond acceptors (Lipinski definition) is 3. The predicted molar refractivity (Wildman–Crippen MR) is 65.6 cm³/mol. The summed E-state index contributed by atoms with van der Waals surface area (Å²) in [5.41, 5.74) is 7.78. The van der Waals surface area contributed by atoms with Crippen LogP contribution in [0.1, 0.15) is 20.8 Å². The fraction of sp³-hybridized carbons (Fsp3) is 0.500. The summed E-state index contributed by atoms with van der Waals surface area (Å²) in [5.74, 6) is 0.876. The van der Waals surface area contributed by atoms with Gasteiger partial charge in [-0.05, 0) is 32.9 Å². The molecule has 0 spiro atoms. The molecule has 15 heavy (non-hydrogen) atoms. The molecule has 0 heterocycles. The Bertz CT molecular complexity index is 308. The van der Waals surface area contributed by atoms with E-state index in [0.29, 0.717) is 6.61 Å². The molecular weight excluding hydrogens is 188 g/mol. The van der Waals surface area contributed by atoms with Crippen LogP contribution < -0.4 is 15.4 Å². The Balaban J connectivity index is 3.10. The van der Waals surface area contributed by atoms with Crippen molar-refractivity contribution in [2.75, 3.05) is 30.3 Å². The van der Waals surface area contributed by atoms with Crippen LogP contribution in [0.5, 0.6) is 5.75 Å². The van der Waals surface area contributed by atoms with Crippen molar-refractivity contribution in [3.63, 3.8) is 0 Å². The van der Waals surface area contributed by atoms with Crippen LogP contribution in [0.25, 0.3) is 0 Å². The van der Waals surface area contributed by atoms with E-state index < -0.39 is 0 Å². The Hall–Kier alpha value is -1.38. The maximum atomic E-state index is 5.98.